The fourth-order valence-corrected chi connectivity index (χ4v) is 5.42. The molecule has 3 N–H and O–H groups in total. The van der Waals surface area contributed by atoms with Crippen LogP contribution in [0.4, 0.5) is 32.8 Å². The zero-order valence-electron chi connectivity index (χ0n) is 26.2. The quantitative estimate of drug-likeness (QED) is 0.103. The zero-order valence-corrected chi connectivity index (χ0v) is 26.2. The van der Waals surface area contributed by atoms with E-state index in [0.29, 0.717) is 11.3 Å². The molecule has 0 bridgehead atoms. The molecule has 0 aliphatic heterocycles. The number of halogens is 1. The summed E-state index contributed by atoms with van der Waals surface area (Å²) < 4.78 is 24.2. The number of furan rings is 2. The van der Waals surface area contributed by atoms with Crippen molar-refractivity contribution < 1.29 is 23.1 Å². The van der Waals surface area contributed by atoms with Crippen LogP contribution in [0.2, 0.25) is 0 Å². The van der Waals surface area contributed by atoms with Gasteiger partial charge >= 0.3 is 11.4 Å². The van der Waals surface area contributed by atoms with Crippen LogP contribution in [0.5, 0.6) is 0 Å². The van der Waals surface area contributed by atoms with Crippen molar-refractivity contribution in [2.45, 2.75) is 0 Å². The number of anilines is 3. The number of hydrogen-bond acceptors (Lipinski definition) is 10. The number of nitriles is 2. The van der Waals surface area contributed by atoms with Crippen LogP contribution in [-0.2, 0) is 0 Å². The fraction of sp³-hybridized carbons (Fsp3) is 0. The molecule has 51 heavy (non-hydrogen) atoms. The Morgan fingerprint density at radius 3 is 1.69 bits per heavy atom. The van der Waals surface area contributed by atoms with Crippen molar-refractivity contribution in [3.05, 3.63) is 159 Å². The van der Waals surface area contributed by atoms with E-state index in [0.717, 1.165) is 50.0 Å². The van der Waals surface area contributed by atoms with Crippen LogP contribution in [0.25, 0.3) is 43.9 Å². The van der Waals surface area contributed by atoms with Crippen molar-refractivity contribution in [3.8, 4) is 12.1 Å². The largest absolute Gasteiger partial charge is 0.456 e. The first-order valence-electron chi connectivity index (χ1n) is 15.0. The van der Waals surface area contributed by atoms with Crippen LogP contribution in [0.3, 0.4) is 0 Å². The predicted octanol–water partition coefficient (Wildman–Crippen LogP) is 9.88. The van der Waals surface area contributed by atoms with Gasteiger partial charge < -0.3 is 19.9 Å². The Hall–Kier alpha value is -7.77. The number of nitrogens with zero attached hydrogens (tertiary/aromatic N) is 4. The normalized spacial score (nSPS) is 10.4. The molecule has 8 rings (SSSR count). The third-order valence-electron chi connectivity index (χ3n) is 7.69. The average Bonchev–Trinajstić information content (AvgIpc) is 3.69. The summed E-state index contributed by atoms with van der Waals surface area (Å²) in [7, 11) is 0. The van der Waals surface area contributed by atoms with Gasteiger partial charge in [0.1, 0.15) is 51.3 Å². The molecule has 2 heterocycles. The van der Waals surface area contributed by atoms with Crippen molar-refractivity contribution in [3.63, 3.8) is 0 Å². The highest BCUT2D eigenvalue weighted by atomic mass is 19.1. The number of benzene rings is 6. The molecule has 0 saturated heterocycles. The second-order valence-electron chi connectivity index (χ2n) is 10.9. The van der Waals surface area contributed by atoms with Gasteiger partial charge in [0.25, 0.3) is 0 Å². The minimum absolute atomic E-state index is 0.0137. The molecule has 0 spiro atoms. The highest BCUT2D eigenvalue weighted by Crippen LogP contribution is 2.34. The van der Waals surface area contributed by atoms with Crippen LogP contribution in [0, 0.1) is 48.7 Å². The monoisotopic (exact) mass is 678 g/mol. The van der Waals surface area contributed by atoms with E-state index in [-0.39, 0.29) is 22.5 Å². The Bertz CT molecular complexity index is 2710. The molecule has 0 aliphatic carbocycles. The number of nitro groups is 2. The molecular weight excluding hydrogens is 655 g/mol. The molecule has 0 radical (unpaired) electrons. The summed E-state index contributed by atoms with van der Waals surface area (Å²) in [4.78, 5) is 20.1. The Balaban J connectivity index is 0.000000145. The van der Waals surface area contributed by atoms with E-state index in [1.165, 1.54) is 24.3 Å². The number of hydrogen-bond donors (Lipinski definition) is 2. The topological polar surface area (TPSA) is 198 Å². The molecule has 0 fully saturated rings. The second kappa shape index (κ2) is 14.1. The third-order valence-corrected chi connectivity index (χ3v) is 7.69. The molecule has 13 heteroatoms. The van der Waals surface area contributed by atoms with Crippen LogP contribution in [0.1, 0.15) is 11.1 Å². The van der Waals surface area contributed by atoms with E-state index in [1.807, 2.05) is 78.9 Å². The lowest BCUT2D eigenvalue weighted by Crippen LogP contribution is -1.99. The summed E-state index contributed by atoms with van der Waals surface area (Å²) in [6, 6.07) is 38.4. The number of nitrogens with two attached hydrogens (primary N) is 1. The van der Waals surface area contributed by atoms with Gasteiger partial charge in [0.2, 0.25) is 5.82 Å². The molecule has 2 aromatic heterocycles. The Morgan fingerprint density at radius 2 is 1.12 bits per heavy atom. The molecular formula is C38H23FN6O6. The van der Waals surface area contributed by atoms with E-state index < -0.39 is 21.4 Å². The molecule has 0 atom stereocenters. The minimum Gasteiger partial charge on any atom is -0.456 e. The van der Waals surface area contributed by atoms with Gasteiger partial charge in [-0.15, -0.1) is 0 Å². The smallest absolute Gasteiger partial charge is 0.322 e. The second-order valence-corrected chi connectivity index (χ2v) is 10.9. The van der Waals surface area contributed by atoms with Gasteiger partial charge in [0.15, 0.2) is 0 Å². The summed E-state index contributed by atoms with van der Waals surface area (Å²) >= 11 is 0. The molecule has 0 unspecified atom stereocenters. The average molecular weight is 679 g/mol. The van der Waals surface area contributed by atoms with Crippen molar-refractivity contribution in [1.29, 1.82) is 10.5 Å². The first kappa shape index (κ1) is 33.1. The SMILES string of the molecule is N#Cc1cccc(F)c1[N+](=O)[O-].N#Cc1cccc(Nc2ccc3c(c2)oc2ccccc23)c1[N+](=O)[O-].Nc1ccc2c(c1)oc1ccccc12. The third kappa shape index (κ3) is 6.80. The molecule has 0 aliphatic rings. The minimum atomic E-state index is -0.987. The first-order chi connectivity index (χ1) is 24.7. The lowest BCUT2D eigenvalue weighted by Gasteiger charge is -2.07. The molecule has 8 aromatic rings. The van der Waals surface area contributed by atoms with E-state index >= 15 is 0 Å². The maximum atomic E-state index is 12.7. The van der Waals surface area contributed by atoms with Gasteiger partial charge in [0.05, 0.1) is 9.85 Å². The summed E-state index contributed by atoms with van der Waals surface area (Å²) in [6.07, 6.45) is 0. The number of fused-ring (bicyclic) bond motifs is 6. The van der Waals surface area contributed by atoms with Crippen LogP contribution in [0.15, 0.2) is 130 Å². The van der Waals surface area contributed by atoms with Crippen LogP contribution < -0.4 is 11.1 Å². The molecule has 0 amide bonds. The Morgan fingerprint density at radius 1 is 0.608 bits per heavy atom. The standard InChI is InChI=1S/C19H11N3O3.C12H9NO.C7H3FN2O2/c20-11-12-4-3-6-16(19(12)22(23)24)21-13-8-9-15-14-5-1-2-7-17(14)25-18(15)10-13;13-8-5-6-10-9-3-1-2-4-11(9)14-12(10)7-8;8-6-3-1-2-5(4-9)7(6)10(11)12/h1-10,21H;1-7H,13H2;1-3H. The van der Waals surface area contributed by atoms with Crippen molar-refractivity contribution in [2.24, 2.45) is 0 Å². The van der Waals surface area contributed by atoms with Gasteiger partial charge in [-0.2, -0.15) is 14.9 Å². The number of nitrogen functional groups attached to an aromatic ring is 1. The predicted molar refractivity (Wildman–Crippen MR) is 191 cm³/mol. The van der Waals surface area contributed by atoms with Gasteiger partial charge in [-0.25, -0.2) is 0 Å². The Kier molecular flexibility index (Phi) is 9.19. The maximum Gasteiger partial charge on any atom is 0.322 e. The zero-order chi connectivity index (χ0) is 36.1. The van der Waals surface area contributed by atoms with Gasteiger partial charge in [0, 0.05) is 45.1 Å². The van der Waals surface area contributed by atoms with Crippen molar-refractivity contribution >= 4 is 72.3 Å². The first-order valence-corrected chi connectivity index (χ1v) is 15.0. The highest BCUT2D eigenvalue weighted by Gasteiger charge is 2.20. The van der Waals surface area contributed by atoms with E-state index in [4.69, 9.17) is 25.1 Å². The summed E-state index contributed by atoms with van der Waals surface area (Å²) in [5.74, 6) is -0.987. The summed E-state index contributed by atoms with van der Waals surface area (Å²) in [5, 5.41) is 46.2. The number of nitrogens with one attached hydrogen (secondary N) is 1. The van der Waals surface area contributed by atoms with E-state index in [1.54, 1.807) is 18.2 Å². The van der Waals surface area contributed by atoms with Crippen molar-refractivity contribution in [1.82, 2.24) is 0 Å². The molecule has 0 saturated carbocycles. The summed E-state index contributed by atoms with van der Waals surface area (Å²) in [6.45, 7) is 0. The van der Waals surface area contributed by atoms with Crippen LogP contribution in [-0.4, -0.2) is 9.85 Å². The Labute approximate surface area is 287 Å². The highest BCUT2D eigenvalue weighted by molar-refractivity contribution is 6.06. The lowest BCUT2D eigenvalue weighted by molar-refractivity contribution is -0.387. The maximum absolute atomic E-state index is 12.7. The van der Waals surface area contributed by atoms with E-state index in [9.17, 15) is 24.6 Å². The molecule has 248 valence electrons. The van der Waals surface area contributed by atoms with E-state index in [2.05, 4.69) is 11.4 Å². The summed E-state index contributed by atoms with van der Waals surface area (Å²) in [5.41, 5.74) is 9.30. The number of para-hydroxylation sites is 4. The molecule has 6 aromatic carbocycles. The van der Waals surface area contributed by atoms with Crippen LogP contribution >= 0.6 is 0 Å². The van der Waals surface area contributed by atoms with Gasteiger partial charge in [-0.05, 0) is 60.7 Å². The molecule has 12 nitrogen and oxygen atoms in total. The number of rotatable bonds is 4. The lowest BCUT2D eigenvalue weighted by atomic mass is 10.1. The van der Waals surface area contributed by atoms with Gasteiger partial charge in [-0.1, -0.05) is 48.5 Å². The number of nitro benzene ring substituents is 2. The fourth-order valence-electron chi connectivity index (χ4n) is 5.42. The van der Waals surface area contributed by atoms with Crippen molar-refractivity contribution in [2.75, 3.05) is 11.1 Å². The van der Waals surface area contributed by atoms with Gasteiger partial charge in [-0.3, -0.25) is 20.2 Å².